The summed E-state index contributed by atoms with van der Waals surface area (Å²) in [6.45, 7) is 2.15. The molecule has 106 valence electrons. The van der Waals surface area contributed by atoms with Gasteiger partial charge in [-0.3, -0.25) is 4.79 Å². The minimum atomic E-state index is -0.581. The van der Waals surface area contributed by atoms with Gasteiger partial charge in [-0.2, -0.15) is 0 Å². The maximum Gasteiger partial charge on any atom is 0.255 e. The molecule has 0 spiro atoms. The van der Waals surface area contributed by atoms with Crippen LogP contribution in [-0.4, -0.2) is 28.6 Å². The highest BCUT2D eigenvalue weighted by atomic mass is 32.1. The van der Waals surface area contributed by atoms with Crippen LogP contribution >= 0.6 is 11.3 Å². The average molecular weight is 292 g/mol. The van der Waals surface area contributed by atoms with Crippen LogP contribution in [0.2, 0.25) is 0 Å². The van der Waals surface area contributed by atoms with E-state index in [4.69, 9.17) is 4.74 Å². The van der Waals surface area contributed by atoms with E-state index in [-0.39, 0.29) is 12.5 Å². The van der Waals surface area contributed by atoms with Gasteiger partial charge in [-0.05, 0) is 19.1 Å². The molecule has 2 rings (SSSR count). The van der Waals surface area contributed by atoms with E-state index in [0.29, 0.717) is 17.9 Å². The molecule has 0 fully saturated rings. The molecule has 0 aliphatic heterocycles. The van der Waals surface area contributed by atoms with Gasteiger partial charge in [0.25, 0.3) is 5.91 Å². The quantitative estimate of drug-likeness (QED) is 0.852. The lowest BCUT2D eigenvalue weighted by atomic mass is 10.2. The molecule has 0 radical (unpaired) electrons. The lowest BCUT2D eigenvalue weighted by Gasteiger charge is -2.11. The molecule has 5 nitrogen and oxygen atoms in total. The number of hydrogen-bond acceptors (Lipinski definition) is 5. The molecule has 6 heteroatoms. The van der Waals surface area contributed by atoms with Crippen LogP contribution in [-0.2, 0) is 6.61 Å². The van der Waals surface area contributed by atoms with E-state index >= 15 is 0 Å². The Bertz CT molecular complexity index is 555. The summed E-state index contributed by atoms with van der Waals surface area (Å²) in [6, 6.07) is 7.01. The summed E-state index contributed by atoms with van der Waals surface area (Å²) in [4.78, 5) is 16.1. The second-order valence-electron chi connectivity index (χ2n) is 4.32. The summed E-state index contributed by atoms with van der Waals surface area (Å²) < 4.78 is 5.63. The molecule has 0 bridgehead atoms. The highest BCUT2D eigenvalue weighted by molar-refractivity contribution is 7.07. The first kappa shape index (κ1) is 14.5. The molecule has 0 aliphatic rings. The Morgan fingerprint density at radius 2 is 2.30 bits per heavy atom. The van der Waals surface area contributed by atoms with Crippen LogP contribution in [0.3, 0.4) is 0 Å². The Hall–Kier alpha value is -1.92. The van der Waals surface area contributed by atoms with Gasteiger partial charge in [-0.15, -0.1) is 11.3 Å². The number of nitrogens with one attached hydrogen (secondary N) is 1. The van der Waals surface area contributed by atoms with Gasteiger partial charge in [-0.1, -0.05) is 12.1 Å². The van der Waals surface area contributed by atoms with Gasteiger partial charge in [-0.25, -0.2) is 4.98 Å². The Morgan fingerprint density at radius 1 is 1.50 bits per heavy atom. The molecule has 0 aliphatic carbocycles. The highest BCUT2D eigenvalue weighted by Gasteiger charge is 2.12. The minimum Gasteiger partial charge on any atom is -0.486 e. The maximum absolute atomic E-state index is 12.0. The van der Waals surface area contributed by atoms with E-state index in [2.05, 4.69) is 10.3 Å². The summed E-state index contributed by atoms with van der Waals surface area (Å²) in [5, 5.41) is 13.7. The van der Waals surface area contributed by atoms with Crippen molar-refractivity contribution >= 4 is 17.2 Å². The van der Waals surface area contributed by atoms with E-state index in [1.807, 2.05) is 11.4 Å². The third-order valence-electron chi connectivity index (χ3n) is 2.55. The number of aliphatic hydroxyl groups is 1. The first-order valence-corrected chi connectivity index (χ1v) is 7.16. The Kier molecular flexibility index (Phi) is 5.09. The second kappa shape index (κ2) is 7.02. The maximum atomic E-state index is 12.0. The predicted molar refractivity (Wildman–Crippen MR) is 76.9 cm³/mol. The number of ether oxygens (including phenoxy) is 1. The number of carbonyl (C=O) groups excluding carboxylic acids is 1. The van der Waals surface area contributed by atoms with Crippen molar-refractivity contribution in [1.29, 1.82) is 0 Å². The van der Waals surface area contributed by atoms with Gasteiger partial charge in [0, 0.05) is 11.9 Å². The van der Waals surface area contributed by atoms with Crippen LogP contribution in [0.5, 0.6) is 5.75 Å². The number of hydrogen-bond donors (Lipinski definition) is 2. The standard InChI is InChI=1S/C14H16N2O3S/c1-10(17)6-15-14(18)12-4-2-3-5-13(12)19-7-11-8-20-9-16-11/h2-5,8-10,17H,6-7H2,1H3,(H,15,18). The second-order valence-corrected chi connectivity index (χ2v) is 5.04. The van der Waals surface area contributed by atoms with E-state index in [1.54, 1.807) is 30.6 Å². The first-order valence-electron chi connectivity index (χ1n) is 6.22. The fourth-order valence-corrected chi connectivity index (χ4v) is 2.12. The summed E-state index contributed by atoms with van der Waals surface area (Å²) in [5.74, 6) is 0.239. The summed E-state index contributed by atoms with van der Waals surface area (Å²) in [5.41, 5.74) is 3.01. The summed E-state index contributed by atoms with van der Waals surface area (Å²) >= 11 is 1.50. The van der Waals surface area contributed by atoms with Crippen LogP contribution in [0.1, 0.15) is 23.0 Å². The van der Waals surface area contributed by atoms with Crippen molar-refractivity contribution in [1.82, 2.24) is 10.3 Å². The number of carbonyl (C=O) groups is 1. The third-order valence-corrected chi connectivity index (χ3v) is 3.18. The monoisotopic (exact) mass is 292 g/mol. The lowest BCUT2D eigenvalue weighted by molar-refractivity contribution is 0.0919. The molecule has 1 atom stereocenters. The molecule has 1 unspecified atom stereocenters. The molecule has 20 heavy (non-hydrogen) atoms. The molecule has 1 aromatic carbocycles. The van der Waals surface area contributed by atoms with Gasteiger partial charge in [0.1, 0.15) is 12.4 Å². The molecule has 1 heterocycles. The predicted octanol–water partition coefficient (Wildman–Crippen LogP) is 1.83. The molecule has 1 amide bonds. The molecule has 1 aromatic heterocycles. The number of thiazole rings is 1. The molecule has 2 N–H and O–H groups in total. The largest absolute Gasteiger partial charge is 0.486 e. The normalized spacial score (nSPS) is 11.9. The van der Waals surface area contributed by atoms with Crippen LogP contribution in [0.15, 0.2) is 35.2 Å². The molecule has 0 saturated carbocycles. The minimum absolute atomic E-state index is 0.208. The van der Waals surface area contributed by atoms with Crippen molar-refractivity contribution in [2.45, 2.75) is 19.6 Å². The Labute approximate surface area is 121 Å². The van der Waals surface area contributed by atoms with Gasteiger partial charge < -0.3 is 15.2 Å². The van der Waals surface area contributed by atoms with Crippen molar-refractivity contribution in [2.75, 3.05) is 6.54 Å². The van der Waals surface area contributed by atoms with Gasteiger partial charge in [0.05, 0.1) is 22.9 Å². The van der Waals surface area contributed by atoms with Crippen LogP contribution < -0.4 is 10.1 Å². The zero-order valence-electron chi connectivity index (χ0n) is 11.1. The SMILES string of the molecule is CC(O)CNC(=O)c1ccccc1OCc1cscn1. The third kappa shape index (κ3) is 4.04. The molecule has 0 saturated heterocycles. The fraction of sp³-hybridized carbons (Fsp3) is 0.286. The van der Waals surface area contributed by atoms with E-state index < -0.39 is 6.10 Å². The topological polar surface area (TPSA) is 71.5 Å². The number of benzene rings is 1. The number of para-hydroxylation sites is 1. The number of nitrogens with zero attached hydrogens (tertiary/aromatic N) is 1. The van der Waals surface area contributed by atoms with Crippen LogP contribution in [0, 0.1) is 0 Å². The van der Waals surface area contributed by atoms with Crippen LogP contribution in [0.4, 0.5) is 0 Å². The smallest absolute Gasteiger partial charge is 0.255 e. The number of aliphatic hydroxyl groups excluding tert-OH is 1. The summed E-state index contributed by atoms with van der Waals surface area (Å²) in [6.07, 6.45) is -0.581. The number of aromatic nitrogens is 1. The highest BCUT2D eigenvalue weighted by Crippen LogP contribution is 2.19. The van der Waals surface area contributed by atoms with E-state index in [9.17, 15) is 9.90 Å². The molecular formula is C14H16N2O3S. The van der Waals surface area contributed by atoms with Crippen molar-refractivity contribution in [3.8, 4) is 5.75 Å². The van der Waals surface area contributed by atoms with E-state index in [0.717, 1.165) is 5.69 Å². The van der Waals surface area contributed by atoms with Crippen molar-refractivity contribution < 1.29 is 14.6 Å². The zero-order chi connectivity index (χ0) is 14.4. The number of amides is 1. The van der Waals surface area contributed by atoms with Gasteiger partial charge >= 0.3 is 0 Å². The van der Waals surface area contributed by atoms with E-state index in [1.165, 1.54) is 11.3 Å². The molecular weight excluding hydrogens is 276 g/mol. The Morgan fingerprint density at radius 3 is 3.00 bits per heavy atom. The Balaban J connectivity index is 2.03. The van der Waals surface area contributed by atoms with Gasteiger partial charge in [0.15, 0.2) is 0 Å². The molecule has 2 aromatic rings. The summed E-state index contributed by atoms with van der Waals surface area (Å²) in [7, 11) is 0. The van der Waals surface area contributed by atoms with Crippen LogP contribution in [0.25, 0.3) is 0 Å². The van der Waals surface area contributed by atoms with Crippen molar-refractivity contribution in [3.63, 3.8) is 0 Å². The van der Waals surface area contributed by atoms with Crippen molar-refractivity contribution in [2.24, 2.45) is 0 Å². The van der Waals surface area contributed by atoms with Crippen molar-refractivity contribution in [3.05, 3.63) is 46.4 Å². The van der Waals surface area contributed by atoms with Gasteiger partial charge in [0.2, 0.25) is 0 Å². The fourth-order valence-electron chi connectivity index (χ4n) is 1.58. The first-order chi connectivity index (χ1) is 9.66. The average Bonchev–Trinajstić information content (AvgIpc) is 2.96. The lowest BCUT2D eigenvalue weighted by Crippen LogP contribution is -2.30. The zero-order valence-corrected chi connectivity index (χ0v) is 11.9. The number of rotatable bonds is 6.